The Bertz CT molecular complexity index is 808. The van der Waals surface area contributed by atoms with E-state index in [1.165, 1.54) is 67.0 Å². The molecule has 0 heterocycles. The molecular formula is C31H54N2O5S. The van der Waals surface area contributed by atoms with Gasteiger partial charge in [0, 0.05) is 11.5 Å². The van der Waals surface area contributed by atoms with Crippen molar-refractivity contribution in [1.82, 2.24) is 10.6 Å². The highest BCUT2D eigenvalue weighted by molar-refractivity contribution is 7.99. The van der Waals surface area contributed by atoms with Crippen LogP contribution in [-0.4, -0.2) is 52.8 Å². The summed E-state index contributed by atoms with van der Waals surface area (Å²) in [7, 11) is 0. The fraction of sp³-hybridized carbons (Fsp3) is 0.710. The second-order valence-electron chi connectivity index (χ2n) is 11.4. The van der Waals surface area contributed by atoms with Gasteiger partial charge in [-0.3, -0.25) is 4.79 Å². The number of carbonyl (C=O) groups is 3. The Hall–Kier alpha value is -2.22. The van der Waals surface area contributed by atoms with Crippen molar-refractivity contribution in [3.63, 3.8) is 0 Å². The molecule has 0 saturated heterocycles. The zero-order valence-electron chi connectivity index (χ0n) is 25.5. The average molecular weight is 567 g/mol. The summed E-state index contributed by atoms with van der Waals surface area (Å²) in [6.45, 7) is 13.3. The van der Waals surface area contributed by atoms with Crippen LogP contribution < -0.4 is 10.6 Å². The number of rotatable bonds is 14. The number of allylic oxidation sites excluding steroid dienone is 5. The Balaban J connectivity index is 0.00000210. The molecule has 1 fully saturated rings. The Morgan fingerprint density at radius 1 is 0.872 bits per heavy atom. The van der Waals surface area contributed by atoms with E-state index in [0.29, 0.717) is 5.75 Å². The normalized spacial score (nSPS) is 14.8. The number of hydrogen-bond acceptors (Lipinski definition) is 5. The molecule has 0 spiro atoms. The smallest absolute Gasteiger partial charge is 0.408 e. The highest BCUT2D eigenvalue weighted by Gasteiger charge is 2.21. The van der Waals surface area contributed by atoms with E-state index < -0.39 is 29.6 Å². The number of alkyl carbamates (subject to hydrolysis) is 1. The molecule has 39 heavy (non-hydrogen) atoms. The van der Waals surface area contributed by atoms with E-state index in [9.17, 15) is 19.5 Å². The number of carbonyl (C=O) groups excluding carboxylic acids is 2. The van der Waals surface area contributed by atoms with Crippen LogP contribution >= 0.6 is 11.8 Å². The van der Waals surface area contributed by atoms with Crippen LogP contribution in [0.3, 0.4) is 0 Å². The van der Waals surface area contributed by atoms with E-state index in [1.54, 1.807) is 20.8 Å². The lowest BCUT2D eigenvalue weighted by atomic mass is 10.0. The number of ether oxygens (including phenoxy) is 1. The number of thioether (sulfide) groups is 1. The summed E-state index contributed by atoms with van der Waals surface area (Å²) in [6.07, 6.45) is 19.0. The predicted molar refractivity (Wildman–Crippen MR) is 164 cm³/mol. The maximum absolute atomic E-state index is 12.0. The van der Waals surface area contributed by atoms with Crippen LogP contribution in [0.4, 0.5) is 4.79 Å². The number of hydrogen-bond donors (Lipinski definition) is 3. The third kappa shape index (κ3) is 24.6. The molecule has 2 amide bonds. The molecule has 224 valence electrons. The highest BCUT2D eigenvalue weighted by Crippen LogP contribution is 2.15. The molecule has 1 unspecified atom stereocenters. The van der Waals surface area contributed by atoms with Gasteiger partial charge in [-0.15, -0.1) is 0 Å². The maximum atomic E-state index is 12.0. The predicted octanol–water partition coefficient (Wildman–Crippen LogP) is 7.57. The third-order valence-corrected chi connectivity index (χ3v) is 6.85. The van der Waals surface area contributed by atoms with Gasteiger partial charge < -0.3 is 20.5 Å². The Morgan fingerprint density at radius 3 is 1.87 bits per heavy atom. The molecule has 1 atom stereocenters. The van der Waals surface area contributed by atoms with Crippen molar-refractivity contribution in [2.45, 2.75) is 124 Å². The fourth-order valence-corrected chi connectivity index (χ4v) is 4.67. The summed E-state index contributed by atoms with van der Waals surface area (Å²) in [6, 6.07) is -1.02. The molecule has 0 bridgehead atoms. The lowest BCUT2D eigenvalue weighted by molar-refractivity contribution is -0.140. The van der Waals surface area contributed by atoms with Gasteiger partial charge in [0.05, 0.1) is 0 Å². The molecule has 3 N–H and O–H groups in total. The van der Waals surface area contributed by atoms with Crippen LogP contribution in [0.15, 0.2) is 34.9 Å². The quantitative estimate of drug-likeness (QED) is 0.148. The van der Waals surface area contributed by atoms with Crippen molar-refractivity contribution >= 4 is 29.7 Å². The minimum Gasteiger partial charge on any atom is -0.480 e. The average Bonchev–Trinajstić information content (AvgIpc) is 2.84. The minimum absolute atomic E-state index is 0.237. The van der Waals surface area contributed by atoms with Gasteiger partial charge in [-0.1, -0.05) is 73.5 Å². The highest BCUT2D eigenvalue weighted by atomic mass is 32.2. The van der Waals surface area contributed by atoms with Crippen LogP contribution in [0.5, 0.6) is 0 Å². The molecule has 1 saturated carbocycles. The molecule has 8 heteroatoms. The van der Waals surface area contributed by atoms with Crippen molar-refractivity contribution in [3.05, 3.63) is 34.9 Å². The Morgan fingerprint density at radius 2 is 1.38 bits per heavy atom. The second kappa shape index (κ2) is 21.6. The van der Waals surface area contributed by atoms with Crippen LogP contribution in [0.1, 0.15) is 113 Å². The Labute approximate surface area is 241 Å². The van der Waals surface area contributed by atoms with E-state index in [-0.39, 0.29) is 12.3 Å². The largest absolute Gasteiger partial charge is 0.480 e. The van der Waals surface area contributed by atoms with Gasteiger partial charge in [0.25, 0.3) is 0 Å². The molecule has 0 aromatic carbocycles. The van der Waals surface area contributed by atoms with Gasteiger partial charge in [0.15, 0.2) is 0 Å². The zero-order valence-corrected chi connectivity index (χ0v) is 26.3. The number of nitrogens with one attached hydrogen (secondary N) is 2. The molecule has 0 aliphatic heterocycles. The maximum Gasteiger partial charge on any atom is 0.408 e. The second-order valence-corrected chi connectivity index (χ2v) is 12.5. The van der Waals surface area contributed by atoms with Crippen molar-refractivity contribution in [2.24, 2.45) is 0 Å². The topological polar surface area (TPSA) is 105 Å². The van der Waals surface area contributed by atoms with Gasteiger partial charge in [-0.2, -0.15) is 11.8 Å². The van der Waals surface area contributed by atoms with Gasteiger partial charge in [-0.25, -0.2) is 9.59 Å². The molecule has 1 aliphatic carbocycles. The molecule has 0 aromatic heterocycles. The van der Waals surface area contributed by atoms with Gasteiger partial charge in [-0.05, 0) is 74.1 Å². The third-order valence-electron chi connectivity index (χ3n) is 5.88. The fourth-order valence-electron chi connectivity index (χ4n) is 3.67. The van der Waals surface area contributed by atoms with E-state index in [1.807, 2.05) is 0 Å². The first-order chi connectivity index (χ1) is 18.3. The lowest BCUT2D eigenvalue weighted by Gasteiger charge is -2.20. The van der Waals surface area contributed by atoms with Crippen LogP contribution in [0.25, 0.3) is 0 Å². The first kappa shape index (κ1) is 36.8. The SMILES string of the molecule is C1CCCCC1.CC(C)=CCC/C(C)=C/CC/C(C)=C/CSCC(NC(=O)CNC(=O)OC(C)(C)C)C(=O)O. The number of amides is 2. The van der Waals surface area contributed by atoms with Crippen molar-refractivity contribution in [3.8, 4) is 0 Å². The summed E-state index contributed by atoms with van der Waals surface area (Å²) < 4.78 is 5.05. The van der Waals surface area contributed by atoms with Crippen LogP contribution in [0.2, 0.25) is 0 Å². The van der Waals surface area contributed by atoms with Crippen molar-refractivity contribution in [2.75, 3.05) is 18.1 Å². The lowest BCUT2D eigenvalue weighted by Crippen LogP contribution is -2.47. The monoisotopic (exact) mass is 566 g/mol. The Kier molecular flexibility index (Phi) is 20.4. The molecular weight excluding hydrogens is 512 g/mol. The molecule has 1 rings (SSSR count). The molecule has 0 aromatic rings. The summed E-state index contributed by atoms with van der Waals surface area (Å²) in [5.41, 5.74) is 3.33. The summed E-state index contributed by atoms with van der Waals surface area (Å²) in [5, 5.41) is 14.1. The first-order valence-corrected chi connectivity index (χ1v) is 15.5. The van der Waals surface area contributed by atoms with Gasteiger partial charge >= 0.3 is 12.1 Å². The number of carboxylic acids is 1. The summed E-state index contributed by atoms with van der Waals surface area (Å²) in [4.78, 5) is 35.0. The van der Waals surface area contributed by atoms with E-state index in [4.69, 9.17) is 4.74 Å². The summed E-state index contributed by atoms with van der Waals surface area (Å²) in [5.74, 6) is -0.777. The zero-order chi connectivity index (χ0) is 29.7. The number of aliphatic carboxylic acids is 1. The van der Waals surface area contributed by atoms with E-state index >= 15 is 0 Å². The van der Waals surface area contributed by atoms with E-state index in [2.05, 4.69) is 56.6 Å². The molecule has 7 nitrogen and oxygen atoms in total. The van der Waals surface area contributed by atoms with E-state index in [0.717, 1.165) is 25.7 Å². The standard InChI is InChI=1S/C25H42N2O5S.C6H12/c1-18(2)10-8-11-19(3)12-9-13-20(4)14-15-33-17-21(23(29)30)27-22(28)16-26-24(31)32-25(5,6)7;1-2-4-6-5-3-1/h10,12,14,21H,8-9,11,13,15-17H2,1-7H3,(H,26,31)(H,27,28)(H,29,30);1-6H2/b19-12+,20-14+;. The molecule has 1 aliphatic rings. The number of carboxylic acid groups (broad SMARTS) is 1. The van der Waals surface area contributed by atoms with Crippen molar-refractivity contribution in [1.29, 1.82) is 0 Å². The van der Waals surface area contributed by atoms with Gasteiger partial charge in [0.2, 0.25) is 5.91 Å². The van der Waals surface area contributed by atoms with Crippen LogP contribution in [-0.2, 0) is 14.3 Å². The molecule has 0 radical (unpaired) electrons. The summed E-state index contributed by atoms with van der Waals surface area (Å²) >= 11 is 1.44. The van der Waals surface area contributed by atoms with Crippen molar-refractivity contribution < 1.29 is 24.2 Å². The first-order valence-electron chi connectivity index (χ1n) is 14.3. The van der Waals surface area contributed by atoms with Crippen LogP contribution in [0, 0.1) is 0 Å². The van der Waals surface area contributed by atoms with Gasteiger partial charge in [0.1, 0.15) is 18.2 Å². The minimum atomic E-state index is -1.11.